The first-order chi connectivity index (χ1) is 14.7. The van der Waals surface area contributed by atoms with Crippen LogP contribution in [0.25, 0.3) is 0 Å². The van der Waals surface area contributed by atoms with E-state index in [4.69, 9.17) is 19.2 Å². The zero-order chi connectivity index (χ0) is 21.0. The van der Waals surface area contributed by atoms with E-state index < -0.39 is 0 Å². The van der Waals surface area contributed by atoms with Gasteiger partial charge in [-0.2, -0.15) is 0 Å². The fourth-order valence-corrected chi connectivity index (χ4v) is 3.78. The van der Waals surface area contributed by atoms with Crippen molar-refractivity contribution in [1.29, 1.82) is 0 Å². The lowest BCUT2D eigenvalue weighted by Gasteiger charge is -2.32. The van der Waals surface area contributed by atoms with Crippen LogP contribution in [0.4, 0.5) is 0 Å². The zero-order valence-electron chi connectivity index (χ0n) is 19.0. The number of morpholine rings is 1. The van der Waals surface area contributed by atoms with E-state index in [0.29, 0.717) is 25.3 Å². The highest BCUT2D eigenvalue weighted by Gasteiger charge is 2.17. The molecule has 2 aliphatic rings. The maximum absolute atomic E-state index is 6.06. The van der Waals surface area contributed by atoms with Crippen molar-refractivity contribution in [3.8, 4) is 0 Å². The van der Waals surface area contributed by atoms with Gasteiger partial charge in [0.05, 0.1) is 32.5 Å². The monoisotopic (exact) mass is 546 g/mol. The third kappa shape index (κ3) is 9.61. The Bertz CT molecular complexity index is 649. The molecule has 2 aliphatic heterocycles. The Kier molecular flexibility index (Phi) is 12.7. The number of rotatable bonds is 9. The molecule has 2 saturated heterocycles. The van der Waals surface area contributed by atoms with E-state index in [1.54, 1.807) is 0 Å². The minimum absolute atomic E-state index is 0. The van der Waals surface area contributed by atoms with Gasteiger partial charge in [-0.1, -0.05) is 24.3 Å². The van der Waals surface area contributed by atoms with Crippen LogP contribution < -0.4 is 10.6 Å². The van der Waals surface area contributed by atoms with Gasteiger partial charge < -0.3 is 24.8 Å². The Morgan fingerprint density at radius 2 is 1.84 bits per heavy atom. The summed E-state index contributed by atoms with van der Waals surface area (Å²) in [5.74, 6) is 0.862. The number of benzene rings is 1. The predicted octanol–water partition coefficient (Wildman–Crippen LogP) is 2.78. The number of hydrogen-bond donors (Lipinski definition) is 2. The molecule has 31 heavy (non-hydrogen) atoms. The molecule has 2 N–H and O–H groups in total. The van der Waals surface area contributed by atoms with Crippen LogP contribution in [0, 0.1) is 0 Å². The topological polar surface area (TPSA) is 67.4 Å². The van der Waals surface area contributed by atoms with Gasteiger partial charge in [-0.15, -0.1) is 24.0 Å². The van der Waals surface area contributed by atoms with Gasteiger partial charge in [0.25, 0.3) is 0 Å². The summed E-state index contributed by atoms with van der Waals surface area (Å²) in [6.07, 6.45) is 2.30. The summed E-state index contributed by atoms with van der Waals surface area (Å²) >= 11 is 0. The molecule has 3 rings (SSSR count). The fraction of sp³-hybridized carbons (Fsp3) is 0.696. The van der Waals surface area contributed by atoms with Crippen molar-refractivity contribution < 1.29 is 14.2 Å². The third-order valence-electron chi connectivity index (χ3n) is 5.64. The van der Waals surface area contributed by atoms with E-state index in [1.807, 2.05) is 0 Å². The molecule has 0 saturated carbocycles. The van der Waals surface area contributed by atoms with Crippen molar-refractivity contribution >= 4 is 29.9 Å². The van der Waals surface area contributed by atoms with Gasteiger partial charge in [0.2, 0.25) is 0 Å². The van der Waals surface area contributed by atoms with Crippen molar-refractivity contribution in [2.24, 2.45) is 4.99 Å². The molecule has 1 aromatic rings. The standard InChI is InChI=1S/C23H38N4O3.HI/c1-3-24-23(25-16-19(2)27-9-13-29-14-10-27)26-17-20-5-4-6-21(15-20)18-30-22-7-11-28-12-8-22;/h4-6,15,19,22H,3,7-14,16-18H2,1-2H3,(H2,24,25,26);1H. The maximum atomic E-state index is 6.06. The van der Waals surface area contributed by atoms with Crippen LogP contribution in [0.15, 0.2) is 29.3 Å². The summed E-state index contributed by atoms with van der Waals surface area (Å²) in [5.41, 5.74) is 2.40. The highest BCUT2D eigenvalue weighted by atomic mass is 127. The Balaban J connectivity index is 0.00000341. The van der Waals surface area contributed by atoms with E-state index >= 15 is 0 Å². The van der Waals surface area contributed by atoms with Gasteiger partial charge in [0, 0.05) is 45.4 Å². The molecule has 0 aromatic heterocycles. The van der Waals surface area contributed by atoms with Crippen molar-refractivity contribution in [1.82, 2.24) is 15.5 Å². The molecule has 7 nitrogen and oxygen atoms in total. The molecule has 0 spiro atoms. The average molecular weight is 546 g/mol. The molecule has 0 bridgehead atoms. The van der Waals surface area contributed by atoms with Crippen molar-refractivity contribution in [3.05, 3.63) is 35.4 Å². The van der Waals surface area contributed by atoms with E-state index in [0.717, 1.165) is 71.4 Å². The molecule has 2 fully saturated rings. The molecule has 0 amide bonds. The van der Waals surface area contributed by atoms with Crippen LogP contribution in [-0.2, 0) is 27.4 Å². The number of ether oxygens (including phenoxy) is 3. The molecule has 1 atom stereocenters. The number of nitrogens with zero attached hydrogens (tertiary/aromatic N) is 2. The zero-order valence-corrected chi connectivity index (χ0v) is 21.3. The van der Waals surface area contributed by atoms with Crippen molar-refractivity contribution in [2.75, 3.05) is 52.6 Å². The molecule has 1 unspecified atom stereocenters. The second kappa shape index (κ2) is 15.0. The Hall–Kier alpha value is -0.940. The highest BCUT2D eigenvalue weighted by Crippen LogP contribution is 2.14. The minimum atomic E-state index is 0. The summed E-state index contributed by atoms with van der Waals surface area (Å²) in [6, 6.07) is 8.99. The average Bonchev–Trinajstić information content (AvgIpc) is 2.81. The summed E-state index contributed by atoms with van der Waals surface area (Å²) < 4.78 is 16.9. The van der Waals surface area contributed by atoms with Crippen molar-refractivity contribution in [2.45, 2.75) is 52.0 Å². The second-order valence-electron chi connectivity index (χ2n) is 8.02. The van der Waals surface area contributed by atoms with E-state index in [2.05, 4.69) is 53.6 Å². The van der Waals surface area contributed by atoms with Crippen molar-refractivity contribution in [3.63, 3.8) is 0 Å². The van der Waals surface area contributed by atoms with Crippen LogP contribution in [0.1, 0.15) is 37.8 Å². The normalized spacial score (nSPS) is 19.5. The lowest BCUT2D eigenvalue weighted by molar-refractivity contribution is -0.0390. The number of aliphatic imine (C=N–C) groups is 1. The third-order valence-corrected chi connectivity index (χ3v) is 5.64. The largest absolute Gasteiger partial charge is 0.381 e. The fourth-order valence-electron chi connectivity index (χ4n) is 3.78. The first-order valence-electron chi connectivity index (χ1n) is 11.4. The van der Waals surface area contributed by atoms with Crippen LogP contribution in [-0.4, -0.2) is 75.6 Å². The summed E-state index contributed by atoms with van der Waals surface area (Å²) in [4.78, 5) is 7.25. The smallest absolute Gasteiger partial charge is 0.191 e. The van der Waals surface area contributed by atoms with Gasteiger partial charge in [-0.3, -0.25) is 4.90 Å². The highest BCUT2D eigenvalue weighted by molar-refractivity contribution is 14.0. The second-order valence-corrected chi connectivity index (χ2v) is 8.02. The number of hydrogen-bond acceptors (Lipinski definition) is 5. The molecule has 0 aliphatic carbocycles. The summed E-state index contributed by atoms with van der Waals surface area (Å²) in [6.45, 7) is 12.6. The maximum Gasteiger partial charge on any atom is 0.191 e. The molecule has 8 heteroatoms. The number of halogens is 1. The molecule has 0 radical (unpaired) electrons. The summed E-state index contributed by atoms with van der Waals surface area (Å²) in [5, 5.41) is 6.84. The summed E-state index contributed by atoms with van der Waals surface area (Å²) in [7, 11) is 0. The minimum Gasteiger partial charge on any atom is -0.381 e. The molecule has 2 heterocycles. The molecule has 176 valence electrons. The number of nitrogens with one attached hydrogen (secondary N) is 2. The quantitative estimate of drug-likeness (QED) is 0.282. The van der Waals surface area contributed by atoms with Crippen LogP contribution in [0.5, 0.6) is 0 Å². The van der Waals surface area contributed by atoms with E-state index in [9.17, 15) is 0 Å². The number of guanidine groups is 1. The van der Waals surface area contributed by atoms with Crippen LogP contribution >= 0.6 is 24.0 Å². The van der Waals surface area contributed by atoms with Crippen LogP contribution in [0.3, 0.4) is 0 Å². The van der Waals surface area contributed by atoms with E-state index in [-0.39, 0.29) is 24.0 Å². The first-order valence-corrected chi connectivity index (χ1v) is 11.4. The first kappa shape index (κ1) is 26.3. The lowest BCUT2D eigenvalue weighted by Crippen LogP contribution is -2.49. The SMILES string of the molecule is CCNC(=NCc1cccc(COC2CCOCC2)c1)NCC(C)N1CCOCC1.I. The van der Waals surface area contributed by atoms with E-state index in [1.165, 1.54) is 11.1 Å². The lowest BCUT2D eigenvalue weighted by atomic mass is 10.1. The van der Waals surface area contributed by atoms with Gasteiger partial charge in [0.15, 0.2) is 5.96 Å². The van der Waals surface area contributed by atoms with Gasteiger partial charge in [-0.05, 0) is 37.8 Å². The van der Waals surface area contributed by atoms with Crippen LogP contribution in [0.2, 0.25) is 0 Å². The molecule has 1 aromatic carbocycles. The van der Waals surface area contributed by atoms with Gasteiger partial charge in [0.1, 0.15) is 0 Å². The van der Waals surface area contributed by atoms with Gasteiger partial charge >= 0.3 is 0 Å². The molecular formula is C23H39IN4O3. The molecular weight excluding hydrogens is 507 g/mol. The Morgan fingerprint density at radius 3 is 2.58 bits per heavy atom. The Morgan fingerprint density at radius 1 is 1.13 bits per heavy atom. The van der Waals surface area contributed by atoms with Gasteiger partial charge in [-0.25, -0.2) is 4.99 Å². The predicted molar refractivity (Wildman–Crippen MR) is 135 cm³/mol. The Labute approximate surface area is 204 Å².